The number of nitro groups is 1. The topological polar surface area (TPSA) is 108 Å². The van der Waals surface area contributed by atoms with Gasteiger partial charge in [0.25, 0.3) is 5.69 Å². The number of nitro benzene ring substituents is 1. The average Bonchev–Trinajstić information content (AvgIpc) is 3.08. The highest BCUT2D eigenvalue weighted by molar-refractivity contribution is 5.86. The molecule has 0 bridgehead atoms. The average molecular weight is 322 g/mol. The summed E-state index contributed by atoms with van der Waals surface area (Å²) >= 11 is 0. The Morgan fingerprint density at radius 1 is 1.43 bits per heavy atom. The molecule has 1 aromatic carbocycles. The summed E-state index contributed by atoms with van der Waals surface area (Å²) < 4.78 is 9.88. The van der Waals surface area contributed by atoms with E-state index in [0.29, 0.717) is 25.2 Å². The lowest BCUT2D eigenvalue weighted by Gasteiger charge is -2.18. The van der Waals surface area contributed by atoms with Crippen LogP contribution in [0.15, 0.2) is 24.3 Å². The van der Waals surface area contributed by atoms with E-state index in [9.17, 15) is 19.7 Å². The Kier molecular flexibility index (Phi) is 5.64. The van der Waals surface area contributed by atoms with Gasteiger partial charge in [0.1, 0.15) is 6.04 Å². The van der Waals surface area contributed by atoms with Gasteiger partial charge < -0.3 is 14.8 Å². The molecule has 1 aliphatic rings. The Morgan fingerprint density at radius 2 is 2.13 bits per heavy atom. The van der Waals surface area contributed by atoms with Gasteiger partial charge in [-0.2, -0.15) is 0 Å². The highest BCUT2D eigenvalue weighted by atomic mass is 16.6. The van der Waals surface area contributed by atoms with E-state index >= 15 is 0 Å². The van der Waals surface area contributed by atoms with Gasteiger partial charge in [-0.05, 0) is 12.0 Å². The van der Waals surface area contributed by atoms with Gasteiger partial charge in [0, 0.05) is 25.2 Å². The SMILES string of the molecule is COC(=O)[C@H](Cc1ccc([N+](=O)[O-])cc1)NC(=O)[C@H]1CCOC1. The van der Waals surface area contributed by atoms with Crippen molar-refractivity contribution in [3.05, 3.63) is 39.9 Å². The fraction of sp³-hybridized carbons (Fsp3) is 0.467. The number of hydrogen-bond donors (Lipinski definition) is 1. The van der Waals surface area contributed by atoms with Gasteiger partial charge in [0.15, 0.2) is 0 Å². The highest BCUT2D eigenvalue weighted by Crippen LogP contribution is 2.15. The van der Waals surface area contributed by atoms with E-state index in [1.807, 2.05) is 0 Å². The maximum absolute atomic E-state index is 12.1. The Hall–Kier alpha value is -2.48. The van der Waals surface area contributed by atoms with Crippen molar-refractivity contribution in [2.24, 2.45) is 5.92 Å². The van der Waals surface area contributed by atoms with Gasteiger partial charge in [-0.1, -0.05) is 12.1 Å². The number of methoxy groups -OCH3 is 1. The third-order valence-corrected chi connectivity index (χ3v) is 3.69. The smallest absolute Gasteiger partial charge is 0.328 e. The summed E-state index contributed by atoms with van der Waals surface area (Å²) in [6.07, 6.45) is 0.821. The van der Waals surface area contributed by atoms with Crippen LogP contribution in [0.1, 0.15) is 12.0 Å². The fourth-order valence-electron chi connectivity index (χ4n) is 2.36. The van der Waals surface area contributed by atoms with Crippen molar-refractivity contribution in [1.29, 1.82) is 0 Å². The number of amides is 1. The van der Waals surface area contributed by atoms with Crippen molar-refractivity contribution in [1.82, 2.24) is 5.32 Å². The Bertz CT molecular complexity index is 580. The molecule has 1 fully saturated rings. The van der Waals surface area contributed by atoms with Crippen LogP contribution >= 0.6 is 0 Å². The molecule has 1 aromatic rings. The molecule has 0 radical (unpaired) electrons. The Morgan fingerprint density at radius 3 is 2.65 bits per heavy atom. The number of rotatable bonds is 6. The molecule has 0 spiro atoms. The van der Waals surface area contributed by atoms with Crippen LogP contribution in [0.5, 0.6) is 0 Å². The molecular formula is C15H18N2O6. The molecule has 8 heteroatoms. The summed E-state index contributed by atoms with van der Waals surface area (Å²) in [6.45, 7) is 0.876. The predicted octanol–water partition coefficient (Wildman–Crippen LogP) is 0.832. The summed E-state index contributed by atoms with van der Waals surface area (Å²) in [5, 5.41) is 13.3. The van der Waals surface area contributed by atoms with Crippen LogP contribution in [0.4, 0.5) is 5.69 Å². The third-order valence-electron chi connectivity index (χ3n) is 3.69. The number of benzene rings is 1. The molecule has 2 atom stereocenters. The highest BCUT2D eigenvalue weighted by Gasteiger charge is 2.28. The summed E-state index contributed by atoms with van der Waals surface area (Å²) in [7, 11) is 1.25. The number of ether oxygens (including phenoxy) is 2. The van der Waals surface area contributed by atoms with Gasteiger partial charge in [-0.25, -0.2) is 4.79 Å². The zero-order chi connectivity index (χ0) is 16.8. The Labute approximate surface area is 132 Å². The molecule has 0 saturated carbocycles. The van der Waals surface area contributed by atoms with Crippen molar-refractivity contribution in [3.63, 3.8) is 0 Å². The number of non-ortho nitro benzene ring substituents is 1. The van der Waals surface area contributed by atoms with Crippen LogP contribution in [0.2, 0.25) is 0 Å². The maximum atomic E-state index is 12.1. The Balaban J connectivity index is 2.04. The largest absolute Gasteiger partial charge is 0.467 e. The zero-order valence-electron chi connectivity index (χ0n) is 12.7. The van der Waals surface area contributed by atoms with Crippen LogP contribution in [0, 0.1) is 16.0 Å². The van der Waals surface area contributed by atoms with E-state index in [4.69, 9.17) is 9.47 Å². The number of esters is 1. The monoisotopic (exact) mass is 322 g/mol. The number of carbonyl (C=O) groups is 2. The fourth-order valence-corrected chi connectivity index (χ4v) is 2.36. The number of nitrogens with one attached hydrogen (secondary N) is 1. The molecule has 1 amide bonds. The first-order valence-corrected chi connectivity index (χ1v) is 7.20. The van der Waals surface area contributed by atoms with Crippen molar-refractivity contribution in [2.45, 2.75) is 18.9 Å². The quantitative estimate of drug-likeness (QED) is 0.472. The molecule has 0 unspecified atom stereocenters. The first kappa shape index (κ1) is 16.9. The number of hydrogen-bond acceptors (Lipinski definition) is 6. The minimum absolute atomic E-state index is 0.0319. The molecular weight excluding hydrogens is 304 g/mol. The number of nitrogens with zero attached hydrogens (tertiary/aromatic N) is 1. The molecule has 8 nitrogen and oxygen atoms in total. The van der Waals surface area contributed by atoms with Crippen LogP contribution in [0.3, 0.4) is 0 Å². The number of carbonyl (C=O) groups excluding carboxylic acids is 2. The van der Waals surface area contributed by atoms with Crippen LogP contribution < -0.4 is 5.32 Å². The molecule has 1 aliphatic heterocycles. The molecule has 1 N–H and O–H groups in total. The summed E-state index contributed by atoms with van der Waals surface area (Å²) in [4.78, 5) is 34.1. The molecule has 0 aliphatic carbocycles. The normalized spacial score (nSPS) is 18.2. The second-order valence-electron chi connectivity index (χ2n) is 5.27. The van der Waals surface area contributed by atoms with Gasteiger partial charge in [0.05, 0.1) is 24.6 Å². The van der Waals surface area contributed by atoms with E-state index in [2.05, 4.69) is 5.32 Å². The van der Waals surface area contributed by atoms with Crippen LogP contribution in [-0.4, -0.2) is 43.2 Å². The van der Waals surface area contributed by atoms with Crippen molar-refractivity contribution >= 4 is 17.6 Å². The van der Waals surface area contributed by atoms with Crippen molar-refractivity contribution in [2.75, 3.05) is 20.3 Å². The van der Waals surface area contributed by atoms with Gasteiger partial charge >= 0.3 is 5.97 Å². The summed E-state index contributed by atoms with van der Waals surface area (Å²) in [5.41, 5.74) is 0.657. The van der Waals surface area contributed by atoms with E-state index in [0.717, 1.165) is 0 Å². The maximum Gasteiger partial charge on any atom is 0.328 e. The van der Waals surface area contributed by atoms with Crippen molar-refractivity contribution < 1.29 is 24.0 Å². The lowest BCUT2D eigenvalue weighted by Crippen LogP contribution is -2.45. The first-order chi connectivity index (χ1) is 11.0. The molecule has 124 valence electrons. The van der Waals surface area contributed by atoms with E-state index in [1.165, 1.54) is 19.2 Å². The van der Waals surface area contributed by atoms with Crippen LogP contribution in [-0.2, 0) is 25.5 Å². The molecule has 1 heterocycles. The summed E-state index contributed by atoms with van der Waals surface area (Å²) in [6, 6.07) is 4.99. The molecule has 1 saturated heterocycles. The summed E-state index contributed by atoms with van der Waals surface area (Å²) in [5.74, 6) is -1.07. The lowest BCUT2D eigenvalue weighted by atomic mass is 10.0. The van der Waals surface area contributed by atoms with E-state index in [-0.39, 0.29) is 23.9 Å². The van der Waals surface area contributed by atoms with E-state index < -0.39 is 16.9 Å². The minimum Gasteiger partial charge on any atom is -0.467 e. The zero-order valence-corrected chi connectivity index (χ0v) is 12.7. The standard InChI is InChI=1S/C15H18N2O6/c1-22-15(19)13(16-14(18)11-6-7-23-9-11)8-10-2-4-12(5-3-10)17(20)21/h2-5,11,13H,6-9H2,1H3,(H,16,18)/t11-,13-/m0/s1. The van der Waals surface area contributed by atoms with Crippen LogP contribution in [0.25, 0.3) is 0 Å². The second kappa shape index (κ2) is 7.68. The third kappa shape index (κ3) is 4.49. The van der Waals surface area contributed by atoms with Gasteiger partial charge in [-0.15, -0.1) is 0 Å². The molecule has 0 aromatic heterocycles. The minimum atomic E-state index is -0.838. The van der Waals surface area contributed by atoms with Gasteiger partial charge in [-0.3, -0.25) is 14.9 Å². The van der Waals surface area contributed by atoms with Gasteiger partial charge in [0.2, 0.25) is 5.91 Å². The van der Waals surface area contributed by atoms with Crippen molar-refractivity contribution in [3.8, 4) is 0 Å². The predicted molar refractivity (Wildman–Crippen MR) is 79.7 cm³/mol. The second-order valence-corrected chi connectivity index (χ2v) is 5.27. The van der Waals surface area contributed by atoms with E-state index in [1.54, 1.807) is 12.1 Å². The first-order valence-electron chi connectivity index (χ1n) is 7.20. The lowest BCUT2D eigenvalue weighted by molar-refractivity contribution is -0.384. The molecule has 2 rings (SSSR count). The molecule has 23 heavy (non-hydrogen) atoms.